The topological polar surface area (TPSA) is 90.7 Å². The second-order valence-corrected chi connectivity index (χ2v) is 7.97. The van der Waals surface area contributed by atoms with E-state index in [1.165, 1.54) is 6.07 Å². The van der Waals surface area contributed by atoms with E-state index >= 15 is 0 Å². The van der Waals surface area contributed by atoms with Crippen molar-refractivity contribution in [2.75, 3.05) is 26.4 Å². The number of hydrogen-bond acceptors (Lipinski definition) is 5. The predicted octanol–water partition coefficient (Wildman–Crippen LogP) is 2.19. The van der Waals surface area contributed by atoms with Crippen LogP contribution in [0, 0.1) is 5.92 Å². The molecule has 0 radical (unpaired) electrons. The van der Waals surface area contributed by atoms with Crippen LogP contribution in [0.1, 0.15) is 19.8 Å². The van der Waals surface area contributed by atoms with Crippen molar-refractivity contribution in [3.63, 3.8) is 0 Å². The van der Waals surface area contributed by atoms with E-state index < -0.39 is 10.0 Å². The maximum atomic E-state index is 12.5. The summed E-state index contributed by atoms with van der Waals surface area (Å²) < 4.78 is 38.5. The molecule has 0 aliphatic carbocycles. The van der Waals surface area contributed by atoms with Crippen LogP contribution in [0.25, 0.3) is 0 Å². The molecule has 6 nitrogen and oxygen atoms in total. The molecule has 1 aromatic rings. The summed E-state index contributed by atoms with van der Waals surface area (Å²) in [5.41, 5.74) is 5.64. The first-order valence-electron chi connectivity index (χ1n) is 7.64. The van der Waals surface area contributed by atoms with Gasteiger partial charge in [-0.1, -0.05) is 11.6 Å². The molecule has 2 unspecified atom stereocenters. The summed E-state index contributed by atoms with van der Waals surface area (Å²) in [5, 5.41) is 0.342. The number of ether oxygens (including phenoxy) is 2. The van der Waals surface area contributed by atoms with Crippen LogP contribution in [0.2, 0.25) is 5.02 Å². The van der Waals surface area contributed by atoms with Gasteiger partial charge in [0, 0.05) is 30.1 Å². The fourth-order valence-electron chi connectivity index (χ4n) is 2.23. The van der Waals surface area contributed by atoms with Gasteiger partial charge in [-0.3, -0.25) is 0 Å². The lowest BCUT2D eigenvalue weighted by Gasteiger charge is -2.15. The maximum absolute atomic E-state index is 12.5. The van der Waals surface area contributed by atoms with E-state index in [0.717, 1.165) is 13.0 Å². The molecule has 0 bridgehead atoms. The molecule has 0 aromatic heterocycles. The molecule has 2 rings (SSSR count). The molecule has 138 valence electrons. The predicted molar refractivity (Wildman–Crippen MR) is 96.6 cm³/mol. The van der Waals surface area contributed by atoms with Gasteiger partial charge in [0.25, 0.3) is 0 Å². The second-order valence-electron chi connectivity index (χ2n) is 5.80. The number of hydrogen-bond donors (Lipinski definition) is 2. The molecule has 1 aliphatic heterocycles. The molecule has 1 aliphatic rings. The number of rotatable bonds is 8. The Morgan fingerprint density at radius 1 is 1.50 bits per heavy atom. The highest BCUT2D eigenvalue weighted by Gasteiger charge is 2.22. The lowest BCUT2D eigenvalue weighted by Crippen LogP contribution is -2.29. The van der Waals surface area contributed by atoms with Crippen LogP contribution in [-0.4, -0.2) is 40.8 Å². The van der Waals surface area contributed by atoms with E-state index in [1.807, 2.05) is 6.92 Å². The van der Waals surface area contributed by atoms with Crippen LogP contribution >= 0.6 is 24.0 Å². The molecular formula is C15H24Cl2N2O4S. The zero-order valence-electron chi connectivity index (χ0n) is 13.5. The minimum Gasteiger partial charge on any atom is -0.492 e. The highest BCUT2D eigenvalue weighted by Crippen LogP contribution is 2.28. The average Bonchev–Trinajstić information content (AvgIpc) is 2.98. The summed E-state index contributed by atoms with van der Waals surface area (Å²) >= 11 is 5.95. The number of benzene rings is 1. The summed E-state index contributed by atoms with van der Waals surface area (Å²) in [6.07, 6.45) is 1.47. The molecule has 2 atom stereocenters. The third-order valence-corrected chi connectivity index (χ3v) is 5.30. The smallest absolute Gasteiger partial charge is 0.244 e. The molecule has 0 spiro atoms. The largest absolute Gasteiger partial charge is 0.492 e. The normalized spacial score (nSPS) is 18.9. The van der Waals surface area contributed by atoms with Crippen molar-refractivity contribution in [2.45, 2.75) is 30.7 Å². The molecule has 0 saturated carbocycles. The monoisotopic (exact) mass is 398 g/mol. The van der Waals surface area contributed by atoms with Gasteiger partial charge in [-0.25, -0.2) is 13.1 Å². The van der Waals surface area contributed by atoms with Crippen molar-refractivity contribution in [3.8, 4) is 5.75 Å². The Labute approximate surface area is 154 Å². The van der Waals surface area contributed by atoms with Crippen molar-refractivity contribution in [1.82, 2.24) is 4.72 Å². The van der Waals surface area contributed by atoms with Gasteiger partial charge in [0.15, 0.2) is 0 Å². The van der Waals surface area contributed by atoms with E-state index in [0.29, 0.717) is 30.4 Å². The summed E-state index contributed by atoms with van der Waals surface area (Å²) in [5.74, 6) is 0.585. The van der Waals surface area contributed by atoms with E-state index in [4.69, 9.17) is 26.8 Å². The lowest BCUT2D eigenvalue weighted by molar-refractivity contribution is 0.166. The first kappa shape index (κ1) is 21.5. The zero-order chi connectivity index (χ0) is 16.9. The first-order chi connectivity index (χ1) is 10.9. The number of halogens is 2. The Morgan fingerprint density at radius 3 is 2.88 bits per heavy atom. The Hall–Kier alpha value is -0.570. The van der Waals surface area contributed by atoms with Gasteiger partial charge in [0.1, 0.15) is 10.6 Å². The van der Waals surface area contributed by atoms with E-state index in [1.54, 1.807) is 12.1 Å². The van der Waals surface area contributed by atoms with Crippen molar-refractivity contribution < 1.29 is 17.9 Å². The van der Waals surface area contributed by atoms with Gasteiger partial charge < -0.3 is 15.2 Å². The van der Waals surface area contributed by atoms with Crippen LogP contribution in [0.15, 0.2) is 23.1 Å². The van der Waals surface area contributed by atoms with Gasteiger partial charge >= 0.3 is 0 Å². The molecule has 1 saturated heterocycles. The van der Waals surface area contributed by atoms with E-state index in [2.05, 4.69) is 4.72 Å². The van der Waals surface area contributed by atoms with Crippen molar-refractivity contribution >= 4 is 34.0 Å². The van der Waals surface area contributed by atoms with Crippen LogP contribution in [-0.2, 0) is 14.8 Å². The standard InChI is InChI=1S/C15H23ClN2O4S.ClH/c1-11(17)4-6-18-23(19,20)15-8-13(16)2-3-14(15)22-10-12-5-7-21-9-12;/h2-3,8,11-12,18H,4-7,9-10,17H2,1H3;1H. The van der Waals surface area contributed by atoms with Gasteiger partial charge in [0.05, 0.1) is 13.2 Å². The maximum Gasteiger partial charge on any atom is 0.244 e. The molecule has 1 aromatic carbocycles. The Morgan fingerprint density at radius 2 is 2.25 bits per heavy atom. The van der Waals surface area contributed by atoms with E-state index in [9.17, 15) is 8.42 Å². The van der Waals surface area contributed by atoms with Gasteiger partial charge in [-0.05, 0) is 38.0 Å². The summed E-state index contributed by atoms with van der Waals surface area (Å²) in [6, 6.07) is 4.52. The van der Waals surface area contributed by atoms with Gasteiger partial charge in [-0.2, -0.15) is 0 Å². The van der Waals surface area contributed by atoms with Crippen LogP contribution in [0.4, 0.5) is 0 Å². The lowest BCUT2D eigenvalue weighted by atomic mass is 10.1. The van der Waals surface area contributed by atoms with Crippen molar-refractivity contribution in [3.05, 3.63) is 23.2 Å². The summed E-state index contributed by atoms with van der Waals surface area (Å²) in [7, 11) is -3.70. The van der Waals surface area contributed by atoms with Crippen LogP contribution < -0.4 is 15.2 Å². The fourth-order valence-corrected chi connectivity index (χ4v) is 3.69. The highest BCUT2D eigenvalue weighted by molar-refractivity contribution is 7.89. The van der Waals surface area contributed by atoms with Crippen LogP contribution in [0.5, 0.6) is 5.75 Å². The van der Waals surface area contributed by atoms with Gasteiger partial charge in [-0.15, -0.1) is 12.4 Å². The zero-order valence-corrected chi connectivity index (χ0v) is 15.9. The molecular weight excluding hydrogens is 375 g/mol. The quantitative estimate of drug-likeness (QED) is 0.700. The number of nitrogens with two attached hydrogens (primary N) is 1. The Balaban J connectivity index is 0.00000288. The highest BCUT2D eigenvalue weighted by atomic mass is 35.5. The van der Waals surface area contributed by atoms with Crippen molar-refractivity contribution in [2.24, 2.45) is 11.7 Å². The molecule has 24 heavy (non-hydrogen) atoms. The van der Waals surface area contributed by atoms with Crippen LogP contribution in [0.3, 0.4) is 0 Å². The SMILES string of the molecule is CC(N)CCNS(=O)(=O)c1cc(Cl)ccc1OCC1CCOC1.Cl. The Kier molecular flexibility index (Phi) is 8.76. The summed E-state index contributed by atoms with van der Waals surface area (Å²) in [6.45, 7) is 3.87. The summed E-state index contributed by atoms with van der Waals surface area (Å²) in [4.78, 5) is 0.0496. The third-order valence-electron chi connectivity index (χ3n) is 3.59. The minimum absolute atomic E-state index is 0. The Bertz CT molecular complexity index is 620. The first-order valence-corrected chi connectivity index (χ1v) is 9.50. The number of sulfonamides is 1. The van der Waals surface area contributed by atoms with Gasteiger partial charge in [0.2, 0.25) is 10.0 Å². The average molecular weight is 399 g/mol. The molecule has 3 N–H and O–H groups in total. The minimum atomic E-state index is -3.70. The third kappa shape index (κ3) is 6.38. The second kappa shape index (κ2) is 9.79. The molecule has 0 amide bonds. The fraction of sp³-hybridized carbons (Fsp3) is 0.600. The van der Waals surface area contributed by atoms with E-state index in [-0.39, 0.29) is 35.8 Å². The molecule has 9 heteroatoms. The molecule has 1 heterocycles. The van der Waals surface area contributed by atoms with Crippen molar-refractivity contribution in [1.29, 1.82) is 0 Å². The number of nitrogens with one attached hydrogen (secondary N) is 1. The molecule has 1 fully saturated rings.